The van der Waals surface area contributed by atoms with Gasteiger partial charge in [-0.15, -0.1) is 0 Å². The molecule has 0 radical (unpaired) electrons. The van der Waals surface area contributed by atoms with Crippen molar-refractivity contribution in [1.82, 2.24) is 4.98 Å². The molecule has 0 unspecified atom stereocenters. The topological polar surface area (TPSA) is 42.4 Å². The number of para-hydroxylation sites is 2. The number of carbonyl (C=O) groups excluding carboxylic acids is 1. The maximum absolute atomic E-state index is 14.1. The van der Waals surface area contributed by atoms with Gasteiger partial charge in [-0.1, -0.05) is 72.8 Å². The third-order valence-corrected chi connectivity index (χ3v) is 5.34. The summed E-state index contributed by atoms with van der Waals surface area (Å²) < 4.78 is 6.50. The van der Waals surface area contributed by atoms with E-state index in [0.717, 1.165) is 16.8 Å². The van der Waals surface area contributed by atoms with Crippen LogP contribution in [0.2, 0.25) is 0 Å². The Hall–Kier alpha value is -3.92. The lowest BCUT2D eigenvalue weighted by Crippen LogP contribution is -2.46. The highest BCUT2D eigenvalue weighted by atomic mass is 16.5. The van der Waals surface area contributed by atoms with E-state index in [2.05, 4.69) is 4.98 Å². The Labute approximate surface area is 175 Å². The lowest BCUT2D eigenvalue weighted by molar-refractivity contribution is -0.130. The summed E-state index contributed by atoms with van der Waals surface area (Å²) in [7, 11) is 0. The van der Waals surface area contributed by atoms with Gasteiger partial charge in [0.2, 0.25) is 0 Å². The molecule has 0 bridgehead atoms. The summed E-state index contributed by atoms with van der Waals surface area (Å²) >= 11 is 0. The Morgan fingerprint density at radius 3 is 2.17 bits per heavy atom. The average Bonchev–Trinajstić information content (AvgIpc) is 3.05. The van der Waals surface area contributed by atoms with Gasteiger partial charge in [-0.2, -0.15) is 0 Å². The van der Waals surface area contributed by atoms with Crippen molar-refractivity contribution in [3.8, 4) is 5.75 Å². The number of hydrogen-bond donors (Lipinski definition) is 0. The molecule has 0 saturated heterocycles. The molecule has 4 nitrogen and oxygen atoms in total. The highest BCUT2D eigenvalue weighted by molar-refractivity contribution is 6.09. The predicted molar refractivity (Wildman–Crippen MR) is 116 cm³/mol. The van der Waals surface area contributed by atoms with Crippen molar-refractivity contribution in [2.45, 2.75) is 12.1 Å². The van der Waals surface area contributed by atoms with E-state index < -0.39 is 5.60 Å². The van der Waals surface area contributed by atoms with E-state index >= 15 is 0 Å². The predicted octanol–water partition coefficient (Wildman–Crippen LogP) is 4.95. The smallest absolute Gasteiger partial charge is 0.282 e. The number of benzene rings is 3. The van der Waals surface area contributed by atoms with Crippen molar-refractivity contribution in [3.05, 3.63) is 126 Å². The fraction of sp³-hybridized carbons (Fsp3) is 0.0769. The summed E-state index contributed by atoms with van der Waals surface area (Å²) in [6.45, 7) is 0.462. The molecule has 0 saturated carbocycles. The number of ether oxygens (including phenoxy) is 1. The third kappa shape index (κ3) is 2.94. The molecule has 2 heterocycles. The Balaban J connectivity index is 1.69. The fourth-order valence-electron chi connectivity index (χ4n) is 3.98. The maximum Gasteiger partial charge on any atom is 0.282 e. The van der Waals surface area contributed by atoms with Crippen molar-refractivity contribution >= 4 is 11.6 Å². The second kappa shape index (κ2) is 7.48. The van der Waals surface area contributed by atoms with Crippen LogP contribution in [0.5, 0.6) is 5.75 Å². The third-order valence-electron chi connectivity index (χ3n) is 5.34. The van der Waals surface area contributed by atoms with Crippen LogP contribution >= 0.6 is 0 Å². The Morgan fingerprint density at radius 2 is 1.43 bits per heavy atom. The van der Waals surface area contributed by atoms with Crippen molar-refractivity contribution in [2.75, 3.05) is 4.90 Å². The number of anilines is 1. The van der Waals surface area contributed by atoms with E-state index in [1.54, 1.807) is 11.1 Å². The molecule has 0 fully saturated rings. The lowest BCUT2D eigenvalue weighted by atomic mass is 9.90. The van der Waals surface area contributed by atoms with Crippen molar-refractivity contribution in [1.29, 1.82) is 0 Å². The van der Waals surface area contributed by atoms with Crippen LogP contribution in [0.25, 0.3) is 0 Å². The van der Waals surface area contributed by atoms with Crippen LogP contribution in [0.4, 0.5) is 5.69 Å². The number of nitrogens with zero attached hydrogens (tertiary/aromatic N) is 2. The minimum Gasteiger partial charge on any atom is -0.466 e. The van der Waals surface area contributed by atoms with Gasteiger partial charge in [0.05, 0.1) is 17.9 Å². The second-order valence-corrected chi connectivity index (χ2v) is 7.21. The van der Waals surface area contributed by atoms with E-state index in [0.29, 0.717) is 18.0 Å². The molecule has 146 valence electrons. The van der Waals surface area contributed by atoms with Gasteiger partial charge in [0.15, 0.2) is 0 Å². The Morgan fingerprint density at radius 1 is 0.767 bits per heavy atom. The van der Waals surface area contributed by atoms with Crippen LogP contribution in [0, 0.1) is 0 Å². The summed E-state index contributed by atoms with van der Waals surface area (Å²) in [5.74, 6) is 0.475. The molecule has 1 amide bonds. The molecule has 1 aliphatic heterocycles. The van der Waals surface area contributed by atoms with Gasteiger partial charge in [-0.05, 0) is 35.9 Å². The molecule has 0 aliphatic carbocycles. The van der Waals surface area contributed by atoms with Crippen molar-refractivity contribution in [3.63, 3.8) is 0 Å². The number of carbonyl (C=O) groups is 1. The first kappa shape index (κ1) is 18.1. The molecule has 1 aromatic heterocycles. The summed E-state index contributed by atoms with van der Waals surface area (Å²) in [4.78, 5) is 20.4. The Bertz CT molecular complexity index is 1160. The highest BCUT2D eigenvalue weighted by Gasteiger charge is 2.55. The van der Waals surface area contributed by atoms with Gasteiger partial charge >= 0.3 is 0 Å². The standard InChI is InChI=1S/C26H20N2O2/c29-25-26(24-17-9-10-18-27-24,30-21-13-5-2-6-14-21)22-15-7-8-16-23(22)28(25)19-20-11-3-1-4-12-20/h1-18H,19H2/t26-/m1/s1. The van der Waals surface area contributed by atoms with E-state index in [-0.39, 0.29) is 5.91 Å². The van der Waals surface area contributed by atoms with Crippen LogP contribution < -0.4 is 9.64 Å². The van der Waals surface area contributed by atoms with Gasteiger partial charge in [-0.25, -0.2) is 0 Å². The van der Waals surface area contributed by atoms with Crippen LogP contribution in [0.1, 0.15) is 16.8 Å². The van der Waals surface area contributed by atoms with Crippen LogP contribution in [-0.2, 0) is 16.9 Å². The average molecular weight is 392 g/mol. The van der Waals surface area contributed by atoms with Gasteiger partial charge in [0, 0.05) is 11.8 Å². The molecule has 30 heavy (non-hydrogen) atoms. The largest absolute Gasteiger partial charge is 0.466 e. The molecule has 4 aromatic rings. The molecule has 0 N–H and O–H groups in total. The molecule has 5 rings (SSSR count). The van der Waals surface area contributed by atoms with Crippen LogP contribution in [0.15, 0.2) is 109 Å². The van der Waals surface area contributed by atoms with Gasteiger partial charge in [0.25, 0.3) is 11.5 Å². The summed E-state index contributed by atoms with van der Waals surface area (Å²) in [5, 5.41) is 0. The zero-order valence-corrected chi connectivity index (χ0v) is 16.3. The minimum absolute atomic E-state index is 0.143. The minimum atomic E-state index is -1.34. The second-order valence-electron chi connectivity index (χ2n) is 7.21. The van der Waals surface area contributed by atoms with Crippen LogP contribution in [0.3, 0.4) is 0 Å². The summed E-state index contributed by atoms with van der Waals surface area (Å²) in [5.41, 5.74) is 1.93. The number of hydrogen-bond acceptors (Lipinski definition) is 3. The van der Waals surface area contributed by atoms with E-state index in [1.807, 2.05) is 103 Å². The zero-order chi connectivity index (χ0) is 20.4. The molecule has 0 spiro atoms. The molecule has 1 aliphatic rings. The first-order chi connectivity index (χ1) is 14.8. The van der Waals surface area contributed by atoms with Crippen molar-refractivity contribution < 1.29 is 9.53 Å². The maximum atomic E-state index is 14.1. The number of pyridine rings is 1. The SMILES string of the molecule is O=C1N(Cc2ccccc2)c2ccccc2[C@@]1(Oc1ccccc1)c1ccccn1. The monoisotopic (exact) mass is 392 g/mol. The number of fused-ring (bicyclic) bond motifs is 1. The van der Waals surface area contributed by atoms with E-state index in [9.17, 15) is 4.79 Å². The number of rotatable bonds is 5. The Kier molecular flexibility index (Phi) is 4.52. The van der Waals surface area contributed by atoms with Gasteiger partial charge in [-0.3, -0.25) is 9.78 Å². The quantitative estimate of drug-likeness (QED) is 0.483. The van der Waals surface area contributed by atoms with Gasteiger partial charge in [0.1, 0.15) is 5.75 Å². The first-order valence-electron chi connectivity index (χ1n) is 9.90. The highest BCUT2D eigenvalue weighted by Crippen LogP contribution is 2.47. The molecule has 4 heteroatoms. The fourth-order valence-corrected chi connectivity index (χ4v) is 3.98. The molecule has 3 aromatic carbocycles. The molecular formula is C26H20N2O2. The van der Waals surface area contributed by atoms with E-state index in [1.165, 1.54) is 0 Å². The lowest BCUT2D eigenvalue weighted by Gasteiger charge is -2.29. The molecular weight excluding hydrogens is 372 g/mol. The normalized spacial score (nSPS) is 17.6. The zero-order valence-electron chi connectivity index (χ0n) is 16.3. The molecule has 1 atom stereocenters. The summed E-state index contributed by atoms with van der Waals surface area (Å²) in [6, 6.07) is 32.8. The summed E-state index contributed by atoms with van der Waals surface area (Å²) in [6.07, 6.45) is 1.70. The van der Waals surface area contributed by atoms with Crippen LogP contribution in [-0.4, -0.2) is 10.9 Å². The first-order valence-corrected chi connectivity index (χ1v) is 9.90. The van der Waals surface area contributed by atoms with Gasteiger partial charge < -0.3 is 9.64 Å². The number of aromatic nitrogens is 1. The number of amides is 1. The van der Waals surface area contributed by atoms with Crippen molar-refractivity contribution in [2.24, 2.45) is 0 Å². The van der Waals surface area contributed by atoms with E-state index in [4.69, 9.17) is 4.74 Å².